The van der Waals surface area contributed by atoms with Gasteiger partial charge in [0.25, 0.3) is 0 Å². The number of nitrogens with one attached hydrogen (secondary N) is 2. The van der Waals surface area contributed by atoms with Crippen LogP contribution in [0.2, 0.25) is 0 Å². The Bertz CT molecular complexity index is 751. The molecule has 0 fully saturated rings. The molecule has 124 valence electrons. The van der Waals surface area contributed by atoms with E-state index in [1.165, 1.54) is 11.8 Å². The fourth-order valence-corrected chi connectivity index (χ4v) is 3.01. The molecule has 7 heteroatoms. The molecule has 0 bridgehead atoms. The molecular formula is C16H22N4O2S. The number of rotatable bonds is 6. The van der Waals surface area contributed by atoms with Crippen molar-refractivity contribution in [1.82, 2.24) is 14.8 Å². The number of carbonyl (C=O) groups excluding carboxylic acids is 1. The maximum Gasteiger partial charge on any atom is 0.343 e. The summed E-state index contributed by atoms with van der Waals surface area (Å²) in [5.74, 6) is -0.109. The molecule has 0 saturated carbocycles. The van der Waals surface area contributed by atoms with Gasteiger partial charge >= 0.3 is 5.69 Å². The molecule has 0 unspecified atom stereocenters. The lowest BCUT2D eigenvalue weighted by molar-refractivity contribution is -0.115. The van der Waals surface area contributed by atoms with E-state index < -0.39 is 0 Å². The van der Waals surface area contributed by atoms with E-state index in [1.807, 2.05) is 39.0 Å². The SMILES string of the molecule is CCCn1c(S[C@H](C)C(=O)Nc2cc(C)ccc2C)n[nH]c1=O. The van der Waals surface area contributed by atoms with E-state index in [0.717, 1.165) is 23.2 Å². The second-order valence-corrected chi connectivity index (χ2v) is 6.84. The summed E-state index contributed by atoms with van der Waals surface area (Å²) < 4.78 is 1.56. The normalized spacial score (nSPS) is 12.2. The van der Waals surface area contributed by atoms with Gasteiger partial charge < -0.3 is 5.32 Å². The average Bonchev–Trinajstić information content (AvgIpc) is 2.84. The van der Waals surface area contributed by atoms with Crippen molar-refractivity contribution in [3.05, 3.63) is 39.8 Å². The number of benzene rings is 1. The molecule has 1 amide bonds. The van der Waals surface area contributed by atoms with Gasteiger partial charge in [0, 0.05) is 12.2 Å². The van der Waals surface area contributed by atoms with Gasteiger partial charge in [-0.15, -0.1) is 5.10 Å². The average molecular weight is 334 g/mol. The quantitative estimate of drug-likeness (QED) is 0.796. The van der Waals surface area contributed by atoms with Crippen LogP contribution >= 0.6 is 11.8 Å². The van der Waals surface area contributed by atoms with Crippen LogP contribution in [0.1, 0.15) is 31.4 Å². The van der Waals surface area contributed by atoms with Crippen molar-refractivity contribution in [2.75, 3.05) is 5.32 Å². The molecule has 0 aliphatic rings. The zero-order valence-corrected chi connectivity index (χ0v) is 14.7. The van der Waals surface area contributed by atoms with E-state index in [-0.39, 0.29) is 16.8 Å². The molecule has 0 radical (unpaired) electrons. The molecule has 6 nitrogen and oxygen atoms in total. The van der Waals surface area contributed by atoms with Gasteiger partial charge in [-0.3, -0.25) is 9.36 Å². The van der Waals surface area contributed by atoms with Crippen LogP contribution < -0.4 is 11.0 Å². The van der Waals surface area contributed by atoms with Crippen LogP contribution in [0, 0.1) is 13.8 Å². The van der Waals surface area contributed by atoms with E-state index in [1.54, 1.807) is 11.5 Å². The second kappa shape index (κ2) is 7.50. The standard InChI is InChI=1S/C16H22N4O2S/c1-5-8-20-15(22)18-19-16(20)23-12(4)14(21)17-13-9-10(2)6-7-11(13)3/h6-7,9,12H,5,8H2,1-4H3,(H,17,21)(H,18,22)/t12-/m1/s1. The lowest BCUT2D eigenvalue weighted by atomic mass is 10.1. The van der Waals surface area contributed by atoms with Crippen molar-refractivity contribution < 1.29 is 4.79 Å². The minimum atomic E-state index is -0.360. The highest BCUT2D eigenvalue weighted by molar-refractivity contribution is 8.00. The lowest BCUT2D eigenvalue weighted by Gasteiger charge is -2.14. The molecule has 23 heavy (non-hydrogen) atoms. The number of hydrogen-bond acceptors (Lipinski definition) is 4. The third kappa shape index (κ3) is 4.25. The number of thioether (sulfide) groups is 1. The molecule has 1 aromatic carbocycles. The maximum atomic E-state index is 12.4. The third-order valence-electron chi connectivity index (χ3n) is 3.47. The second-order valence-electron chi connectivity index (χ2n) is 5.53. The topological polar surface area (TPSA) is 79.8 Å². The summed E-state index contributed by atoms with van der Waals surface area (Å²) in [5.41, 5.74) is 2.69. The number of aromatic nitrogens is 3. The van der Waals surface area contributed by atoms with Crippen LogP contribution in [0.4, 0.5) is 5.69 Å². The van der Waals surface area contributed by atoms with Crippen molar-refractivity contribution in [3.8, 4) is 0 Å². The van der Waals surface area contributed by atoms with Gasteiger partial charge in [0.1, 0.15) is 0 Å². The summed E-state index contributed by atoms with van der Waals surface area (Å²) in [6.45, 7) is 8.33. The Morgan fingerprint density at radius 2 is 2.17 bits per heavy atom. The van der Waals surface area contributed by atoms with Gasteiger partial charge in [-0.1, -0.05) is 30.8 Å². The summed E-state index contributed by atoms with van der Waals surface area (Å²) in [6, 6.07) is 5.94. The summed E-state index contributed by atoms with van der Waals surface area (Å²) >= 11 is 1.28. The van der Waals surface area contributed by atoms with E-state index in [4.69, 9.17) is 0 Å². The van der Waals surface area contributed by atoms with Crippen molar-refractivity contribution in [3.63, 3.8) is 0 Å². The monoisotopic (exact) mass is 334 g/mol. The fourth-order valence-electron chi connectivity index (χ4n) is 2.13. The predicted molar refractivity (Wildman–Crippen MR) is 93.0 cm³/mol. The van der Waals surface area contributed by atoms with E-state index in [0.29, 0.717) is 11.7 Å². The Balaban J connectivity index is 2.08. The number of carbonyl (C=O) groups is 1. The molecule has 0 aliphatic heterocycles. The van der Waals surface area contributed by atoms with Crippen LogP contribution in [0.15, 0.2) is 28.2 Å². The minimum absolute atomic E-state index is 0.109. The first-order valence-corrected chi connectivity index (χ1v) is 8.50. The van der Waals surface area contributed by atoms with Gasteiger partial charge in [-0.25, -0.2) is 9.89 Å². The van der Waals surface area contributed by atoms with E-state index >= 15 is 0 Å². The Morgan fingerprint density at radius 3 is 2.87 bits per heavy atom. The minimum Gasteiger partial charge on any atom is -0.325 e. The Morgan fingerprint density at radius 1 is 1.43 bits per heavy atom. The van der Waals surface area contributed by atoms with Crippen LogP contribution in [0.25, 0.3) is 0 Å². The van der Waals surface area contributed by atoms with Gasteiger partial charge in [-0.2, -0.15) is 0 Å². The fraction of sp³-hybridized carbons (Fsp3) is 0.438. The first-order chi connectivity index (χ1) is 10.9. The van der Waals surface area contributed by atoms with Crippen LogP contribution in [-0.4, -0.2) is 25.9 Å². The Hall–Kier alpha value is -2.02. The third-order valence-corrected chi connectivity index (χ3v) is 4.56. The first kappa shape index (κ1) is 17.3. The number of hydrogen-bond donors (Lipinski definition) is 2. The Labute approximate surface area is 139 Å². The van der Waals surface area contributed by atoms with Crippen molar-refractivity contribution in [1.29, 1.82) is 0 Å². The molecule has 2 aromatic rings. The molecule has 0 spiro atoms. The summed E-state index contributed by atoms with van der Waals surface area (Å²) in [4.78, 5) is 24.1. The number of aromatic amines is 1. The highest BCUT2D eigenvalue weighted by atomic mass is 32.2. The molecule has 1 aromatic heterocycles. The lowest BCUT2D eigenvalue weighted by Crippen LogP contribution is -2.24. The van der Waals surface area contributed by atoms with Gasteiger partial charge in [0.2, 0.25) is 5.91 Å². The highest BCUT2D eigenvalue weighted by Crippen LogP contribution is 2.23. The smallest absolute Gasteiger partial charge is 0.325 e. The van der Waals surface area contributed by atoms with Crippen molar-refractivity contribution >= 4 is 23.4 Å². The predicted octanol–water partition coefficient (Wildman–Crippen LogP) is 2.72. The van der Waals surface area contributed by atoms with Crippen LogP contribution in [-0.2, 0) is 11.3 Å². The first-order valence-electron chi connectivity index (χ1n) is 7.62. The van der Waals surface area contributed by atoms with E-state index in [2.05, 4.69) is 15.5 Å². The molecule has 0 aliphatic carbocycles. The summed E-state index contributed by atoms with van der Waals surface area (Å²) in [6.07, 6.45) is 0.829. The van der Waals surface area contributed by atoms with Gasteiger partial charge in [0.05, 0.1) is 5.25 Å². The van der Waals surface area contributed by atoms with Gasteiger partial charge in [-0.05, 0) is 44.4 Å². The number of aryl methyl sites for hydroxylation is 2. The molecular weight excluding hydrogens is 312 g/mol. The summed E-state index contributed by atoms with van der Waals surface area (Å²) in [7, 11) is 0. The largest absolute Gasteiger partial charge is 0.343 e. The Kier molecular flexibility index (Phi) is 5.65. The zero-order valence-electron chi connectivity index (χ0n) is 13.8. The number of nitrogens with zero attached hydrogens (tertiary/aromatic N) is 2. The molecule has 0 saturated heterocycles. The molecule has 1 heterocycles. The molecule has 2 rings (SSSR count). The van der Waals surface area contributed by atoms with Crippen LogP contribution in [0.5, 0.6) is 0 Å². The van der Waals surface area contributed by atoms with Crippen molar-refractivity contribution in [2.24, 2.45) is 0 Å². The molecule has 2 N–H and O–H groups in total. The van der Waals surface area contributed by atoms with Gasteiger partial charge in [0.15, 0.2) is 5.16 Å². The number of amides is 1. The maximum absolute atomic E-state index is 12.4. The van der Waals surface area contributed by atoms with E-state index in [9.17, 15) is 9.59 Å². The highest BCUT2D eigenvalue weighted by Gasteiger charge is 2.19. The number of H-pyrrole nitrogens is 1. The summed E-state index contributed by atoms with van der Waals surface area (Å²) in [5, 5.41) is 9.57. The van der Waals surface area contributed by atoms with Crippen molar-refractivity contribution in [2.45, 2.75) is 51.1 Å². The van der Waals surface area contributed by atoms with Crippen LogP contribution in [0.3, 0.4) is 0 Å². The number of anilines is 1. The molecule has 1 atom stereocenters. The zero-order chi connectivity index (χ0) is 17.0.